The van der Waals surface area contributed by atoms with Gasteiger partial charge in [-0.05, 0) is 108 Å². The summed E-state index contributed by atoms with van der Waals surface area (Å²) in [7, 11) is 0. The molecule has 0 radical (unpaired) electrons. The average molecular weight is 1120 g/mol. The summed E-state index contributed by atoms with van der Waals surface area (Å²) in [6.45, 7) is 0.0851. The molecule has 4 aliphatic heterocycles. The number of aromatic nitrogens is 2. The van der Waals surface area contributed by atoms with E-state index in [1.807, 2.05) is 23.5 Å². The van der Waals surface area contributed by atoms with Crippen LogP contribution < -0.4 is 32.8 Å². The van der Waals surface area contributed by atoms with Crippen LogP contribution in [0.1, 0.15) is 44.5 Å². The molecule has 0 spiro atoms. The van der Waals surface area contributed by atoms with E-state index in [1.54, 1.807) is 0 Å². The van der Waals surface area contributed by atoms with Gasteiger partial charge in [0.1, 0.15) is 0 Å². The Hall–Kier alpha value is -9.71. The fraction of sp³-hybridized carbons (Fsp3) is 0.0250. The van der Waals surface area contributed by atoms with Crippen LogP contribution in [0.4, 0.5) is 0 Å². The summed E-state index contributed by atoms with van der Waals surface area (Å²) in [6, 6.07) is 107. The van der Waals surface area contributed by atoms with Gasteiger partial charge in [0.25, 0.3) is 0 Å². The topological polar surface area (TPSA) is 9.86 Å². The third kappa shape index (κ3) is 5.46. The van der Waals surface area contributed by atoms with Gasteiger partial charge in [0.05, 0.1) is 21.9 Å². The highest BCUT2D eigenvalue weighted by atomic mass is 32.2. The highest BCUT2D eigenvalue weighted by Crippen LogP contribution is 2.61. The second-order valence-corrected chi connectivity index (χ2v) is 26.5. The lowest BCUT2D eigenvalue weighted by atomic mass is 9.32. The van der Waals surface area contributed by atoms with E-state index in [0.717, 1.165) is 0 Å². The van der Waals surface area contributed by atoms with Crippen molar-refractivity contribution < 1.29 is 0 Å². The summed E-state index contributed by atoms with van der Waals surface area (Å²) >= 11 is 3.94. The molecule has 0 saturated heterocycles. The molecule has 0 saturated carbocycles. The SMILES string of the molecule is c1ccc(C2(c3ccccc3)c3ccccc3-c3c2ccc2c4cccc5c4n(c32)-c2cccc3c2B5c2cc4c(cc2S3)Sc2cccc3c2B4c2cccc4c5ccc6c(c5n-3c24)-c2ccccc2C6(c2ccccc2)c2ccccc2)cc1. The first kappa shape index (κ1) is 46.6. The molecule has 0 N–H and O–H groups in total. The maximum Gasteiger partial charge on any atom is 0.249 e. The molecule has 0 bridgehead atoms. The van der Waals surface area contributed by atoms with Crippen molar-refractivity contribution in [2.45, 2.75) is 30.4 Å². The van der Waals surface area contributed by atoms with Gasteiger partial charge in [-0.15, -0.1) is 0 Å². The maximum absolute atomic E-state index is 2.69. The van der Waals surface area contributed by atoms with E-state index in [-0.39, 0.29) is 13.4 Å². The first-order chi connectivity index (χ1) is 42.7. The molecular formula is C80H46B2N2S2. The van der Waals surface area contributed by atoms with Crippen molar-refractivity contribution in [1.29, 1.82) is 0 Å². The van der Waals surface area contributed by atoms with Gasteiger partial charge in [0, 0.05) is 74.7 Å². The minimum Gasteiger partial charge on any atom is -0.310 e. The number of rotatable bonds is 4. The van der Waals surface area contributed by atoms with E-state index in [1.165, 1.54) is 174 Å². The van der Waals surface area contributed by atoms with Crippen molar-refractivity contribution in [1.82, 2.24) is 9.13 Å². The van der Waals surface area contributed by atoms with Crippen molar-refractivity contribution in [3.8, 4) is 33.6 Å². The fourth-order valence-electron chi connectivity index (χ4n) is 17.8. The molecule has 6 heterocycles. The summed E-state index contributed by atoms with van der Waals surface area (Å²) in [5, 5.41) is 5.22. The van der Waals surface area contributed by atoms with Gasteiger partial charge in [-0.1, -0.05) is 283 Å². The second-order valence-electron chi connectivity index (χ2n) is 24.4. The van der Waals surface area contributed by atoms with E-state index in [4.69, 9.17) is 0 Å². The van der Waals surface area contributed by atoms with Crippen LogP contribution in [0, 0.1) is 0 Å². The number of hydrogen-bond acceptors (Lipinski definition) is 2. The lowest BCUT2D eigenvalue weighted by molar-refractivity contribution is 0.769. The lowest BCUT2D eigenvalue weighted by Crippen LogP contribution is -2.62. The van der Waals surface area contributed by atoms with Gasteiger partial charge in [0.15, 0.2) is 0 Å². The Kier molecular flexibility index (Phi) is 8.99. The lowest BCUT2D eigenvalue weighted by Gasteiger charge is -2.37. The van der Waals surface area contributed by atoms with Crippen LogP contribution in [-0.4, -0.2) is 22.6 Å². The molecule has 394 valence electrons. The Morgan fingerprint density at radius 1 is 0.267 bits per heavy atom. The van der Waals surface area contributed by atoms with Crippen LogP contribution in [0.15, 0.2) is 299 Å². The van der Waals surface area contributed by atoms with Crippen LogP contribution in [0.3, 0.4) is 0 Å². The van der Waals surface area contributed by atoms with E-state index in [2.05, 4.69) is 288 Å². The summed E-state index contributed by atoms with van der Waals surface area (Å²) in [5.41, 5.74) is 31.0. The van der Waals surface area contributed by atoms with Gasteiger partial charge in [0.2, 0.25) is 13.4 Å². The van der Waals surface area contributed by atoms with Crippen molar-refractivity contribution >= 4 is 113 Å². The van der Waals surface area contributed by atoms with Crippen LogP contribution in [0.5, 0.6) is 0 Å². The third-order valence-corrected chi connectivity index (χ3v) is 23.1. The highest BCUT2D eigenvalue weighted by Gasteiger charge is 2.51. The quantitative estimate of drug-likeness (QED) is 0.163. The van der Waals surface area contributed by atoms with E-state index in [9.17, 15) is 0 Å². The summed E-state index contributed by atoms with van der Waals surface area (Å²) in [4.78, 5) is 5.40. The van der Waals surface area contributed by atoms with E-state index < -0.39 is 10.8 Å². The zero-order chi connectivity index (χ0) is 55.7. The Morgan fingerprint density at radius 2 is 0.640 bits per heavy atom. The predicted molar refractivity (Wildman–Crippen MR) is 360 cm³/mol. The Balaban J connectivity index is 0.801. The number of fused-ring (bicyclic) bond motifs is 22. The summed E-state index contributed by atoms with van der Waals surface area (Å²) < 4.78 is 5.39. The van der Waals surface area contributed by atoms with Crippen LogP contribution in [-0.2, 0) is 10.8 Å². The first-order valence-electron chi connectivity index (χ1n) is 30.1. The van der Waals surface area contributed by atoms with Crippen molar-refractivity contribution in [2.75, 3.05) is 0 Å². The molecule has 2 aromatic heterocycles. The maximum atomic E-state index is 2.69. The number of hydrogen-bond donors (Lipinski definition) is 0. The number of benzene rings is 13. The predicted octanol–water partition coefficient (Wildman–Crippen LogP) is 15.2. The van der Waals surface area contributed by atoms with Crippen molar-refractivity contribution in [3.63, 3.8) is 0 Å². The molecule has 21 rings (SSSR count). The molecule has 6 aliphatic rings. The van der Waals surface area contributed by atoms with Gasteiger partial charge in [-0.3, -0.25) is 0 Å². The monoisotopic (exact) mass is 1120 g/mol. The van der Waals surface area contributed by atoms with Crippen molar-refractivity contribution in [2.24, 2.45) is 0 Å². The molecule has 15 aromatic rings. The fourth-order valence-corrected chi connectivity index (χ4v) is 20.2. The average Bonchev–Trinajstić information content (AvgIpc) is 1.79. The molecule has 0 atom stereocenters. The Labute approximate surface area is 506 Å². The largest absolute Gasteiger partial charge is 0.310 e. The normalized spacial score (nSPS) is 15.0. The zero-order valence-corrected chi connectivity index (χ0v) is 48.1. The second kappa shape index (κ2) is 16.6. The van der Waals surface area contributed by atoms with Gasteiger partial charge < -0.3 is 9.13 Å². The Morgan fingerprint density at radius 3 is 1.06 bits per heavy atom. The molecule has 2 nitrogen and oxygen atoms in total. The van der Waals surface area contributed by atoms with Crippen LogP contribution in [0.25, 0.3) is 77.2 Å². The summed E-state index contributed by atoms with van der Waals surface area (Å²) in [6.07, 6.45) is 0. The minimum atomic E-state index is -0.500. The molecule has 0 unspecified atom stereocenters. The molecule has 13 aromatic carbocycles. The first-order valence-corrected chi connectivity index (χ1v) is 31.8. The third-order valence-electron chi connectivity index (χ3n) is 20.8. The molecule has 2 aliphatic carbocycles. The van der Waals surface area contributed by atoms with Gasteiger partial charge in [-0.25, -0.2) is 0 Å². The highest BCUT2D eigenvalue weighted by molar-refractivity contribution is 8.01. The van der Waals surface area contributed by atoms with Gasteiger partial charge >= 0.3 is 0 Å². The van der Waals surface area contributed by atoms with Crippen LogP contribution >= 0.6 is 23.5 Å². The molecule has 86 heavy (non-hydrogen) atoms. The minimum absolute atomic E-state index is 0.0425. The molecule has 0 fully saturated rings. The smallest absolute Gasteiger partial charge is 0.249 e. The van der Waals surface area contributed by atoms with Crippen LogP contribution in [0.2, 0.25) is 0 Å². The number of para-hydroxylation sites is 2. The molecular weight excluding hydrogens is 1070 g/mol. The molecule has 6 heteroatoms. The Bertz CT molecular complexity index is 5130. The van der Waals surface area contributed by atoms with E-state index >= 15 is 0 Å². The zero-order valence-electron chi connectivity index (χ0n) is 46.4. The summed E-state index contributed by atoms with van der Waals surface area (Å²) in [5.74, 6) is 0. The van der Waals surface area contributed by atoms with Crippen molar-refractivity contribution in [3.05, 3.63) is 324 Å². The standard InChI is InChI=1S/C80H46B2N2S2/c1-5-21-47(22-6-1)79(48-23-7-2-8-24-48)57-33-15-13-29-55(57)71-59(79)43-41-53-51-31-17-35-61-75(51)83(77(53)71)65-37-19-39-67-73(65)81(61)63-45-64-70(46-69(63)85-67)86-68-40-20-38-66-74(68)82(64)62-36-18-32-52-54-42-44-60-72(78(54)84(66)76(52)62)56-30-14-16-34-58(56)80(60,49-25-9-3-10-26-49)50-27-11-4-12-28-50/h1-46H. The van der Waals surface area contributed by atoms with E-state index in [0.29, 0.717) is 0 Å². The number of nitrogens with zero attached hydrogens (tertiary/aromatic N) is 2. The van der Waals surface area contributed by atoms with Gasteiger partial charge in [-0.2, -0.15) is 0 Å². The molecule has 0 amide bonds.